The molecule has 1 aromatic carbocycles. The summed E-state index contributed by atoms with van der Waals surface area (Å²) >= 11 is 0. The highest BCUT2D eigenvalue weighted by Gasteiger charge is 2.11. The first kappa shape index (κ1) is 12.7. The molecule has 0 aliphatic heterocycles. The predicted molar refractivity (Wildman–Crippen MR) is 76.2 cm³/mol. The van der Waals surface area contributed by atoms with E-state index in [0.717, 1.165) is 13.0 Å². The number of aromatic nitrogens is 1. The van der Waals surface area contributed by atoms with Crippen molar-refractivity contribution >= 4 is 22.4 Å². The highest BCUT2D eigenvalue weighted by molar-refractivity contribution is 5.94. The number of para-hydroxylation sites is 1. The molecule has 0 aliphatic rings. The molecule has 0 aliphatic carbocycles. The van der Waals surface area contributed by atoms with E-state index in [9.17, 15) is 4.79 Å². The number of nitrogens with one attached hydrogen (secondary N) is 1. The van der Waals surface area contributed by atoms with Gasteiger partial charge in [0.1, 0.15) is 5.78 Å². The second kappa shape index (κ2) is 5.25. The van der Waals surface area contributed by atoms with Crippen molar-refractivity contribution in [3.05, 3.63) is 30.0 Å². The molecule has 0 fully saturated rings. The lowest BCUT2D eigenvalue weighted by molar-refractivity contribution is -0.117. The molecule has 3 heteroatoms. The normalized spacial score (nSPS) is 10.8. The van der Waals surface area contributed by atoms with Gasteiger partial charge in [-0.3, -0.25) is 0 Å². The molecule has 2 rings (SSSR count). The Morgan fingerprint density at radius 2 is 2.06 bits per heavy atom. The van der Waals surface area contributed by atoms with Gasteiger partial charge in [-0.2, -0.15) is 0 Å². The van der Waals surface area contributed by atoms with Gasteiger partial charge >= 0.3 is 0 Å². The SMILES string of the molecule is CC(=O)CCCN(C)c1c(C)[nH]c2ccccc12. The molecule has 0 saturated heterocycles. The predicted octanol–water partition coefficient (Wildman–Crippen LogP) is 3.28. The number of rotatable bonds is 5. The fraction of sp³-hybridized carbons (Fsp3) is 0.400. The monoisotopic (exact) mass is 244 g/mol. The Balaban J connectivity index is 2.19. The van der Waals surface area contributed by atoms with Crippen molar-refractivity contribution < 1.29 is 4.79 Å². The van der Waals surface area contributed by atoms with E-state index in [0.29, 0.717) is 6.42 Å². The zero-order valence-corrected chi connectivity index (χ0v) is 11.3. The van der Waals surface area contributed by atoms with Gasteiger partial charge in [0.2, 0.25) is 0 Å². The number of carbonyl (C=O) groups excluding carboxylic acids is 1. The fourth-order valence-corrected chi connectivity index (χ4v) is 2.43. The number of hydrogen-bond donors (Lipinski definition) is 1. The third-order valence-electron chi connectivity index (χ3n) is 3.26. The molecule has 0 radical (unpaired) electrons. The number of benzene rings is 1. The molecule has 1 heterocycles. The average Bonchev–Trinajstić information content (AvgIpc) is 2.64. The van der Waals surface area contributed by atoms with Crippen LogP contribution in [0.1, 0.15) is 25.5 Å². The Morgan fingerprint density at radius 1 is 1.33 bits per heavy atom. The molecular weight excluding hydrogens is 224 g/mol. The van der Waals surface area contributed by atoms with Gasteiger partial charge in [0.25, 0.3) is 0 Å². The smallest absolute Gasteiger partial charge is 0.129 e. The number of anilines is 1. The average molecular weight is 244 g/mol. The van der Waals surface area contributed by atoms with Crippen molar-refractivity contribution in [2.45, 2.75) is 26.7 Å². The van der Waals surface area contributed by atoms with Gasteiger partial charge in [-0.05, 0) is 26.3 Å². The van der Waals surface area contributed by atoms with Gasteiger partial charge in [-0.15, -0.1) is 0 Å². The van der Waals surface area contributed by atoms with Gasteiger partial charge < -0.3 is 14.7 Å². The number of ketones is 1. The summed E-state index contributed by atoms with van der Waals surface area (Å²) in [5.74, 6) is 0.263. The number of Topliss-reactive ketones (excluding diaryl/α,β-unsaturated/α-hetero) is 1. The molecule has 3 nitrogen and oxygen atoms in total. The topological polar surface area (TPSA) is 36.1 Å². The summed E-state index contributed by atoms with van der Waals surface area (Å²) in [6.45, 7) is 4.65. The van der Waals surface area contributed by atoms with Crippen molar-refractivity contribution in [2.24, 2.45) is 0 Å². The minimum absolute atomic E-state index is 0.263. The summed E-state index contributed by atoms with van der Waals surface area (Å²) in [6.07, 6.45) is 1.57. The highest BCUT2D eigenvalue weighted by Crippen LogP contribution is 2.29. The van der Waals surface area contributed by atoms with Crippen LogP contribution in [-0.2, 0) is 4.79 Å². The van der Waals surface area contributed by atoms with E-state index in [1.807, 2.05) is 6.07 Å². The minimum Gasteiger partial charge on any atom is -0.373 e. The number of carbonyl (C=O) groups is 1. The molecular formula is C15H20N2O. The van der Waals surface area contributed by atoms with Gasteiger partial charge in [0, 0.05) is 36.6 Å². The van der Waals surface area contributed by atoms with Crippen LogP contribution >= 0.6 is 0 Å². The van der Waals surface area contributed by atoms with E-state index in [1.54, 1.807) is 6.92 Å². The fourth-order valence-electron chi connectivity index (χ4n) is 2.43. The van der Waals surface area contributed by atoms with E-state index >= 15 is 0 Å². The number of H-pyrrole nitrogens is 1. The number of fused-ring (bicyclic) bond motifs is 1. The Bertz CT molecular complexity index is 557. The van der Waals surface area contributed by atoms with Crippen LogP contribution in [0.2, 0.25) is 0 Å². The largest absolute Gasteiger partial charge is 0.373 e. The molecule has 96 valence electrons. The highest BCUT2D eigenvalue weighted by atomic mass is 16.1. The van der Waals surface area contributed by atoms with E-state index in [4.69, 9.17) is 0 Å². The number of aromatic amines is 1. The third kappa shape index (κ3) is 2.55. The molecule has 1 N–H and O–H groups in total. The molecule has 2 aromatic rings. The zero-order valence-electron chi connectivity index (χ0n) is 11.3. The summed E-state index contributed by atoms with van der Waals surface area (Å²) in [7, 11) is 2.09. The maximum absolute atomic E-state index is 11.0. The Kier molecular flexibility index (Phi) is 3.70. The zero-order chi connectivity index (χ0) is 13.1. The van der Waals surface area contributed by atoms with Gasteiger partial charge in [-0.25, -0.2) is 0 Å². The summed E-state index contributed by atoms with van der Waals surface area (Å²) in [6, 6.07) is 8.32. The van der Waals surface area contributed by atoms with Crippen molar-refractivity contribution in [2.75, 3.05) is 18.5 Å². The Morgan fingerprint density at radius 3 is 2.78 bits per heavy atom. The lowest BCUT2D eigenvalue weighted by Gasteiger charge is -2.19. The van der Waals surface area contributed by atoms with Crippen molar-refractivity contribution in [1.29, 1.82) is 0 Å². The van der Waals surface area contributed by atoms with E-state index in [1.165, 1.54) is 22.3 Å². The summed E-state index contributed by atoms with van der Waals surface area (Å²) in [5.41, 5.74) is 3.60. The van der Waals surface area contributed by atoms with Gasteiger partial charge in [0.15, 0.2) is 0 Å². The van der Waals surface area contributed by atoms with E-state index < -0.39 is 0 Å². The molecule has 1 aromatic heterocycles. The van der Waals surface area contributed by atoms with Crippen LogP contribution in [0.4, 0.5) is 5.69 Å². The number of nitrogens with zero attached hydrogens (tertiary/aromatic N) is 1. The molecule has 18 heavy (non-hydrogen) atoms. The van der Waals surface area contributed by atoms with Crippen molar-refractivity contribution in [3.63, 3.8) is 0 Å². The molecule has 0 unspecified atom stereocenters. The van der Waals surface area contributed by atoms with Crippen LogP contribution in [0.15, 0.2) is 24.3 Å². The Hall–Kier alpha value is -1.77. The standard InChI is InChI=1S/C15H20N2O/c1-11(18)7-6-10-17(3)15-12(2)16-14-9-5-4-8-13(14)15/h4-5,8-9,16H,6-7,10H2,1-3H3. The summed E-state index contributed by atoms with van der Waals surface area (Å²) < 4.78 is 0. The lowest BCUT2D eigenvalue weighted by atomic mass is 10.2. The van der Waals surface area contributed by atoms with E-state index in [-0.39, 0.29) is 5.78 Å². The second-order valence-corrected chi connectivity index (χ2v) is 4.87. The molecule has 0 saturated carbocycles. The first-order chi connectivity index (χ1) is 8.59. The van der Waals surface area contributed by atoms with Crippen LogP contribution in [0, 0.1) is 6.92 Å². The maximum atomic E-state index is 11.0. The molecule has 0 bridgehead atoms. The van der Waals surface area contributed by atoms with Crippen LogP contribution < -0.4 is 4.90 Å². The van der Waals surface area contributed by atoms with Gasteiger partial charge in [0.05, 0.1) is 5.69 Å². The lowest BCUT2D eigenvalue weighted by Crippen LogP contribution is -2.19. The van der Waals surface area contributed by atoms with E-state index in [2.05, 4.69) is 42.1 Å². The number of hydrogen-bond acceptors (Lipinski definition) is 2. The number of aryl methyl sites for hydroxylation is 1. The summed E-state index contributed by atoms with van der Waals surface area (Å²) in [4.78, 5) is 16.6. The van der Waals surface area contributed by atoms with Crippen LogP contribution in [0.3, 0.4) is 0 Å². The van der Waals surface area contributed by atoms with Gasteiger partial charge in [-0.1, -0.05) is 18.2 Å². The van der Waals surface area contributed by atoms with Crippen LogP contribution in [-0.4, -0.2) is 24.4 Å². The first-order valence-corrected chi connectivity index (χ1v) is 6.37. The van der Waals surface area contributed by atoms with Crippen LogP contribution in [0.25, 0.3) is 10.9 Å². The maximum Gasteiger partial charge on any atom is 0.129 e. The molecule has 0 amide bonds. The van der Waals surface area contributed by atoms with Crippen LogP contribution in [0.5, 0.6) is 0 Å². The quantitative estimate of drug-likeness (QED) is 0.876. The minimum atomic E-state index is 0.263. The molecule has 0 spiro atoms. The second-order valence-electron chi connectivity index (χ2n) is 4.87. The van der Waals surface area contributed by atoms with Crippen molar-refractivity contribution in [3.8, 4) is 0 Å². The Labute approximate surface area is 108 Å². The molecule has 0 atom stereocenters. The third-order valence-corrected chi connectivity index (χ3v) is 3.26. The van der Waals surface area contributed by atoms with Crippen molar-refractivity contribution in [1.82, 2.24) is 4.98 Å². The first-order valence-electron chi connectivity index (χ1n) is 6.37. The summed E-state index contributed by atoms with van der Waals surface area (Å²) in [5, 5.41) is 1.25.